The zero-order chi connectivity index (χ0) is 13.8. The second-order valence-electron chi connectivity index (χ2n) is 4.52. The van der Waals surface area contributed by atoms with E-state index < -0.39 is 11.9 Å². The van der Waals surface area contributed by atoms with E-state index in [-0.39, 0.29) is 0 Å². The van der Waals surface area contributed by atoms with E-state index in [4.69, 9.17) is 9.47 Å². The van der Waals surface area contributed by atoms with E-state index in [0.717, 1.165) is 25.1 Å². The molecule has 1 atom stereocenters. The molecule has 2 rings (SSSR count). The maximum atomic E-state index is 11.7. The third-order valence-electron chi connectivity index (χ3n) is 3.33. The molecule has 19 heavy (non-hydrogen) atoms. The van der Waals surface area contributed by atoms with Gasteiger partial charge in [0.05, 0.1) is 25.3 Å². The highest BCUT2D eigenvalue weighted by molar-refractivity contribution is 5.95. The number of nitrogens with one attached hydrogen (secondary N) is 1. The summed E-state index contributed by atoms with van der Waals surface area (Å²) in [6, 6.07) is 5.08. The third kappa shape index (κ3) is 2.93. The largest absolute Gasteiger partial charge is 0.465 e. The van der Waals surface area contributed by atoms with Crippen molar-refractivity contribution in [3.63, 3.8) is 0 Å². The first-order valence-corrected chi connectivity index (χ1v) is 6.18. The van der Waals surface area contributed by atoms with Crippen LogP contribution >= 0.6 is 0 Å². The molecule has 5 nitrogen and oxygen atoms in total. The van der Waals surface area contributed by atoms with Crippen molar-refractivity contribution in [2.45, 2.75) is 12.3 Å². The van der Waals surface area contributed by atoms with E-state index in [1.54, 1.807) is 12.1 Å². The number of rotatable bonds is 3. The van der Waals surface area contributed by atoms with Crippen LogP contribution in [0, 0.1) is 0 Å². The minimum atomic E-state index is -0.446. The predicted octanol–water partition coefficient (Wildman–Crippen LogP) is 1.34. The van der Waals surface area contributed by atoms with E-state index in [1.165, 1.54) is 20.3 Å². The molecule has 0 aliphatic carbocycles. The lowest BCUT2D eigenvalue weighted by Crippen LogP contribution is -2.11. The van der Waals surface area contributed by atoms with Gasteiger partial charge in [-0.15, -0.1) is 0 Å². The number of esters is 2. The van der Waals surface area contributed by atoms with Crippen molar-refractivity contribution >= 4 is 11.9 Å². The smallest absolute Gasteiger partial charge is 0.337 e. The number of carbonyl (C=O) groups excluding carboxylic acids is 2. The quantitative estimate of drug-likeness (QED) is 0.834. The Hall–Kier alpha value is -1.88. The van der Waals surface area contributed by atoms with Crippen LogP contribution in [0.1, 0.15) is 38.6 Å². The first kappa shape index (κ1) is 13.5. The molecule has 0 radical (unpaired) electrons. The Morgan fingerprint density at radius 1 is 1.11 bits per heavy atom. The van der Waals surface area contributed by atoms with Gasteiger partial charge >= 0.3 is 11.9 Å². The summed E-state index contributed by atoms with van der Waals surface area (Å²) in [7, 11) is 2.65. The second kappa shape index (κ2) is 5.84. The van der Waals surface area contributed by atoms with Crippen LogP contribution in [-0.2, 0) is 9.47 Å². The molecule has 0 amide bonds. The van der Waals surface area contributed by atoms with Gasteiger partial charge in [-0.05, 0) is 42.6 Å². The number of hydrogen-bond donors (Lipinski definition) is 1. The fourth-order valence-electron chi connectivity index (χ4n) is 2.30. The molecule has 0 bridgehead atoms. The molecule has 1 heterocycles. The van der Waals surface area contributed by atoms with Gasteiger partial charge in [-0.1, -0.05) is 0 Å². The van der Waals surface area contributed by atoms with Gasteiger partial charge in [0.1, 0.15) is 0 Å². The molecule has 0 saturated carbocycles. The van der Waals surface area contributed by atoms with Gasteiger partial charge in [0.2, 0.25) is 0 Å². The lowest BCUT2D eigenvalue weighted by molar-refractivity contribution is 0.0599. The minimum absolute atomic E-state index is 0.313. The molecule has 102 valence electrons. The Bertz CT molecular complexity index is 458. The van der Waals surface area contributed by atoms with Crippen LogP contribution in [0.3, 0.4) is 0 Å². The van der Waals surface area contributed by atoms with Crippen molar-refractivity contribution in [1.29, 1.82) is 0 Å². The van der Waals surface area contributed by atoms with Crippen LogP contribution in [0.25, 0.3) is 0 Å². The second-order valence-corrected chi connectivity index (χ2v) is 4.52. The van der Waals surface area contributed by atoms with Crippen molar-refractivity contribution in [3.8, 4) is 0 Å². The normalized spacial score (nSPS) is 18.1. The van der Waals surface area contributed by atoms with E-state index in [1.807, 2.05) is 0 Å². The molecule has 5 heteroatoms. The van der Waals surface area contributed by atoms with Crippen molar-refractivity contribution in [2.24, 2.45) is 0 Å². The van der Waals surface area contributed by atoms with Gasteiger partial charge in [-0.2, -0.15) is 0 Å². The average molecular weight is 263 g/mol. The fourth-order valence-corrected chi connectivity index (χ4v) is 2.30. The zero-order valence-corrected chi connectivity index (χ0v) is 11.1. The van der Waals surface area contributed by atoms with E-state index in [0.29, 0.717) is 17.0 Å². The zero-order valence-electron chi connectivity index (χ0n) is 11.1. The van der Waals surface area contributed by atoms with Gasteiger partial charge in [-0.25, -0.2) is 9.59 Å². The lowest BCUT2D eigenvalue weighted by Gasteiger charge is -2.12. The Morgan fingerprint density at radius 3 is 2.11 bits per heavy atom. The van der Waals surface area contributed by atoms with Crippen molar-refractivity contribution in [1.82, 2.24) is 5.32 Å². The number of hydrogen-bond acceptors (Lipinski definition) is 5. The van der Waals surface area contributed by atoms with Crippen LogP contribution in [0.5, 0.6) is 0 Å². The summed E-state index contributed by atoms with van der Waals surface area (Å²) in [5.74, 6) is -0.580. The monoisotopic (exact) mass is 263 g/mol. The van der Waals surface area contributed by atoms with Crippen LogP contribution in [0.4, 0.5) is 0 Å². The third-order valence-corrected chi connectivity index (χ3v) is 3.33. The average Bonchev–Trinajstić information content (AvgIpc) is 2.99. The molecule has 1 aliphatic heterocycles. The molecule has 0 aromatic heterocycles. The molecule has 1 aromatic rings. The van der Waals surface area contributed by atoms with Gasteiger partial charge in [0.25, 0.3) is 0 Å². The number of carbonyl (C=O) groups is 2. The van der Waals surface area contributed by atoms with Crippen molar-refractivity contribution in [2.75, 3.05) is 27.3 Å². The summed E-state index contributed by atoms with van der Waals surface area (Å²) >= 11 is 0. The highest BCUT2D eigenvalue weighted by Gasteiger charge is 2.21. The Balaban J connectivity index is 2.41. The summed E-state index contributed by atoms with van der Waals surface area (Å²) in [5.41, 5.74) is 1.73. The van der Waals surface area contributed by atoms with Gasteiger partial charge in [0, 0.05) is 6.54 Å². The molecular formula is C14H17NO4. The van der Waals surface area contributed by atoms with E-state index in [2.05, 4.69) is 5.32 Å². The lowest BCUT2D eigenvalue weighted by atomic mass is 9.94. The molecule has 1 N–H and O–H groups in total. The van der Waals surface area contributed by atoms with E-state index in [9.17, 15) is 9.59 Å². The highest BCUT2D eigenvalue weighted by Crippen LogP contribution is 2.25. The standard InChI is InChI=1S/C14H17NO4/c1-18-13(16)11-5-10(9-3-4-15-8-9)6-12(7-11)14(17)19-2/h5-7,9,15H,3-4,8H2,1-2H3. The van der Waals surface area contributed by atoms with Gasteiger partial charge in [0.15, 0.2) is 0 Å². The number of methoxy groups -OCH3 is 2. The molecule has 1 unspecified atom stereocenters. The fraction of sp³-hybridized carbons (Fsp3) is 0.429. The summed E-state index contributed by atoms with van der Waals surface area (Å²) in [5, 5.41) is 3.26. The van der Waals surface area contributed by atoms with Crippen LogP contribution in [0.15, 0.2) is 18.2 Å². The number of benzene rings is 1. The van der Waals surface area contributed by atoms with Crippen molar-refractivity contribution < 1.29 is 19.1 Å². The Kier molecular flexibility index (Phi) is 4.16. The first-order chi connectivity index (χ1) is 9.15. The summed E-state index contributed by atoms with van der Waals surface area (Å²) in [4.78, 5) is 23.3. The highest BCUT2D eigenvalue weighted by atomic mass is 16.5. The summed E-state index contributed by atoms with van der Waals surface area (Å²) in [6.07, 6.45) is 0.991. The van der Waals surface area contributed by atoms with E-state index >= 15 is 0 Å². The SMILES string of the molecule is COC(=O)c1cc(C(=O)OC)cc(C2CCNC2)c1. The molecule has 1 aliphatic rings. The molecule has 1 aromatic carbocycles. The Morgan fingerprint density at radius 2 is 1.68 bits per heavy atom. The first-order valence-electron chi connectivity index (χ1n) is 6.18. The Labute approximate surface area is 111 Å². The maximum absolute atomic E-state index is 11.7. The van der Waals surface area contributed by atoms with Crippen molar-refractivity contribution in [3.05, 3.63) is 34.9 Å². The summed E-state index contributed by atoms with van der Waals surface area (Å²) in [6.45, 7) is 1.80. The predicted molar refractivity (Wildman–Crippen MR) is 69.3 cm³/mol. The van der Waals surface area contributed by atoms with Gasteiger partial charge in [-0.3, -0.25) is 0 Å². The maximum Gasteiger partial charge on any atom is 0.337 e. The molecule has 1 fully saturated rings. The van der Waals surface area contributed by atoms with Crippen LogP contribution < -0.4 is 5.32 Å². The van der Waals surface area contributed by atoms with Crippen LogP contribution in [-0.4, -0.2) is 39.2 Å². The molecule has 1 saturated heterocycles. The summed E-state index contributed by atoms with van der Waals surface area (Å²) < 4.78 is 9.43. The van der Waals surface area contributed by atoms with Crippen LogP contribution in [0.2, 0.25) is 0 Å². The molecular weight excluding hydrogens is 246 g/mol. The topological polar surface area (TPSA) is 64.6 Å². The molecule has 0 spiro atoms. The van der Waals surface area contributed by atoms with Gasteiger partial charge < -0.3 is 14.8 Å². The minimum Gasteiger partial charge on any atom is -0.465 e. The number of ether oxygens (including phenoxy) is 2.